The molecule has 1 aliphatic rings. The first-order chi connectivity index (χ1) is 15.0. The van der Waals surface area contributed by atoms with Gasteiger partial charge < -0.3 is 15.2 Å². The molecule has 2 N–H and O–H groups in total. The van der Waals surface area contributed by atoms with Crippen LogP contribution in [0.5, 0.6) is 0 Å². The van der Waals surface area contributed by atoms with E-state index in [1.165, 1.54) is 18.2 Å². The van der Waals surface area contributed by atoms with E-state index in [0.717, 1.165) is 10.9 Å². The van der Waals surface area contributed by atoms with Gasteiger partial charge >= 0.3 is 0 Å². The van der Waals surface area contributed by atoms with E-state index in [1.54, 1.807) is 6.07 Å². The van der Waals surface area contributed by atoms with Gasteiger partial charge in [-0.15, -0.1) is 0 Å². The minimum absolute atomic E-state index is 0.0146. The van der Waals surface area contributed by atoms with Crippen LogP contribution in [-0.4, -0.2) is 64.2 Å². The zero-order valence-corrected chi connectivity index (χ0v) is 16.9. The lowest BCUT2D eigenvalue weighted by atomic mass is 10.2. The average molecular weight is 421 g/mol. The fourth-order valence-corrected chi connectivity index (χ4v) is 3.71. The number of non-ortho nitro benzene ring substituents is 1. The number of piperazine rings is 1. The number of carbonyl (C=O) groups excluding carboxylic acids is 2. The van der Waals surface area contributed by atoms with E-state index in [-0.39, 0.29) is 23.9 Å². The van der Waals surface area contributed by atoms with Gasteiger partial charge in [0.15, 0.2) is 0 Å². The van der Waals surface area contributed by atoms with Crippen molar-refractivity contribution < 1.29 is 14.5 Å². The number of para-hydroxylation sites is 1. The third-order valence-corrected chi connectivity index (χ3v) is 5.42. The van der Waals surface area contributed by atoms with Crippen LogP contribution in [0.25, 0.3) is 10.9 Å². The van der Waals surface area contributed by atoms with Gasteiger partial charge in [-0.3, -0.25) is 24.6 Å². The van der Waals surface area contributed by atoms with Crippen molar-refractivity contribution in [1.82, 2.24) is 14.8 Å². The van der Waals surface area contributed by atoms with E-state index in [2.05, 4.69) is 15.2 Å². The first kappa shape index (κ1) is 20.5. The number of carbonyl (C=O) groups is 2. The number of aromatic nitrogens is 1. The third kappa shape index (κ3) is 4.89. The lowest BCUT2D eigenvalue weighted by Gasteiger charge is -2.34. The van der Waals surface area contributed by atoms with Crippen molar-refractivity contribution >= 4 is 34.1 Å². The quantitative estimate of drug-likeness (QED) is 0.470. The van der Waals surface area contributed by atoms with Gasteiger partial charge in [-0.25, -0.2) is 0 Å². The van der Waals surface area contributed by atoms with Crippen LogP contribution in [0.15, 0.2) is 54.6 Å². The summed E-state index contributed by atoms with van der Waals surface area (Å²) in [5, 5.41) is 14.6. The fraction of sp³-hybridized carbons (Fsp3) is 0.273. The Morgan fingerprint density at radius 1 is 1.03 bits per heavy atom. The van der Waals surface area contributed by atoms with Gasteiger partial charge in [-0.05, 0) is 18.2 Å². The molecule has 9 nitrogen and oxygen atoms in total. The minimum Gasteiger partial charge on any atom is -0.351 e. The zero-order valence-electron chi connectivity index (χ0n) is 16.9. The molecule has 0 radical (unpaired) electrons. The molecule has 1 aromatic heterocycles. The van der Waals surface area contributed by atoms with Crippen LogP contribution in [-0.2, 0) is 4.79 Å². The lowest BCUT2D eigenvalue weighted by Crippen LogP contribution is -2.49. The summed E-state index contributed by atoms with van der Waals surface area (Å²) in [6.07, 6.45) is 0.276. The number of aromatic amines is 1. The highest BCUT2D eigenvalue weighted by Gasteiger charge is 2.23. The number of fused-ring (bicyclic) bond motifs is 1. The van der Waals surface area contributed by atoms with Gasteiger partial charge in [0.05, 0.1) is 4.92 Å². The second-order valence-electron chi connectivity index (χ2n) is 7.51. The molecule has 0 saturated carbocycles. The summed E-state index contributed by atoms with van der Waals surface area (Å²) < 4.78 is 0. The number of nitro groups is 1. The largest absolute Gasteiger partial charge is 0.351 e. The van der Waals surface area contributed by atoms with Crippen LogP contribution in [0.1, 0.15) is 16.9 Å². The summed E-state index contributed by atoms with van der Waals surface area (Å²) in [6, 6.07) is 15.6. The number of hydrogen-bond donors (Lipinski definition) is 2. The molecule has 0 unspecified atom stereocenters. The van der Waals surface area contributed by atoms with E-state index in [1.807, 2.05) is 35.2 Å². The molecule has 2 aromatic carbocycles. The van der Waals surface area contributed by atoms with E-state index < -0.39 is 4.92 Å². The number of nitro benzene ring substituents is 1. The van der Waals surface area contributed by atoms with Crippen LogP contribution in [0.4, 0.5) is 11.4 Å². The maximum Gasteiger partial charge on any atom is 0.271 e. The monoisotopic (exact) mass is 421 g/mol. The average Bonchev–Trinajstić information content (AvgIpc) is 3.22. The second-order valence-corrected chi connectivity index (χ2v) is 7.51. The number of anilines is 1. The van der Waals surface area contributed by atoms with Gasteiger partial charge in [-0.1, -0.05) is 24.3 Å². The molecular formula is C22H23N5O4. The Balaban J connectivity index is 1.24. The maximum absolute atomic E-state index is 12.8. The topological polar surface area (TPSA) is 112 Å². The van der Waals surface area contributed by atoms with Gasteiger partial charge in [0.25, 0.3) is 11.6 Å². The third-order valence-electron chi connectivity index (χ3n) is 5.42. The Labute approximate surface area is 178 Å². The second kappa shape index (κ2) is 8.97. The van der Waals surface area contributed by atoms with Crippen molar-refractivity contribution in [1.29, 1.82) is 0 Å². The van der Waals surface area contributed by atoms with E-state index in [4.69, 9.17) is 0 Å². The van der Waals surface area contributed by atoms with E-state index in [9.17, 15) is 19.7 Å². The first-order valence-corrected chi connectivity index (χ1v) is 10.1. The normalized spacial score (nSPS) is 14.5. The van der Waals surface area contributed by atoms with Gasteiger partial charge in [0, 0.05) is 67.9 Å². The lowest BCUT2D eigenvalue weighted by molar-refractivity contribution is -0.384. The van der Waals surface area contributed by atoms with Crippen LogP contribution in [0.3, 0.4) is 0 Å². The van der Waals surface area contributed by atoms with Crippen molar-refractivity contribution in [2.45, 2.75) is 6.42 Å². The Hall–Kier alpha value is -3.72. The number of nitrogens with zero attached hydrogens (tertiary/aromatic N) is 3. The molecule has 160 valence electrons. The summed E-state index contributed by atoms with van der Waals surface area (Å²) in [4.78, 5) is 42.5. The number of amides is 2. The maximum atomic E-state index is 12.8. The Morgan fingerprint density at radius 3 is 2.55 bits per heavy atom. The molecule has 4 rings (SSSR count). The highest BCUT2D eigenvalue weighted by Crippen LogP contribution is 2.18. The van der Waals surface area contributed by atoms with Crippen molar-refractivity contribution in [3.05, 3.63) is 70.4 Å². The summed E-state index contributed by atoms with van der Waals surface area (Å²) >= 11 is 0. The van der Waals surface area contributed by atoms with Gasteiger partial charge in [0.1, 0.15) is 5.69 Å². The van der Waals surface area contributed by atoms with Crippen LogP contribution in [0, 0.1) is 10.1 Å². The van der Waals surface area contributed by atoms with Crippen molar-refractivity contribution in [3.63, 3.8) is 0 Å². The molecule has 31 heavy (non-hydrogen) atoms. The van der Waals surface area contributed by atoms with Crippen molar-refractivity contribution in [2.24, 2.45) is 0 Å². The molecule has 0 spiro atoms. The molecule has 0 atom stereocenters. The highest BCUT2D eigenvalue weighted by atomic mass is 16.6. The highest BCUT2D eigenvalue weighted by molar-refractivity contribution is 5.98. The predicted octanol–water partition coefficient (Wildman–Crippen LogP) is 2.86. The first-order valence-electron chi connectivity index (χ1n) is 10.1. The molecule has 2 heterocycles. The molecule has 1 saturated heterocycles. The summed E-state index contributed by atoms with van der Waals surface area (Å²) in [7, 11) is 0. The Bertz CT molecular complexity index is 1080. The molecule has 9 heteroatoms. The van der Waals surface area contributed by atoms with E-state index in [0.29, 0.717) is 44.1 Å². The molecule has 2 amide bonds. The molecular weight excluding hydrogens is 398 g/mol. The summed E-state index contributed by atoms with van der Waals surface area (Å²) in [5.74, 6) is -0.212. The number of H-pyrrole nitrogens is 1. The molecule has 3 aromatic rings. The SMILES string of the molecule is O=C(CCN1CCN(C(=O)c2cc3ccccc3[nH]2)CC1)Nc1cccc([N+](=O)[O-])c1. The Morgan fingerprint density at radius 2 is 1.81 bits per heavy atom. The van der Waals surface area contributed by atoms with Crippen LogP contribution >= 0.6 is 0 Å². The summed E-state index contributed by atoms with van der Waals surface area (Å²) in [5.41, 5.74) is 1.88. The minimum atomic E-state index is -0.494. The van der Waals surface area contributed by atoms with Gasteiger partial charge in [-0.2, -0.15) is 0 Å². The molecule has 0 bridgehead atoms. The molecule has 1 aliphatic heterocycles. The number of benzene rings is 2. The number of hydrogen-bond acceptors (Lipinski definition) is 5. The number of rotatable bonds is 6. The fourth-order valence-electron chi connectivity index (χ4n) is 3.71. The Kier molecular flexibility index (Phi) is 5.94. The van der Waals surface area contributed by atoms with E-state index >= 15 is 0 Å². The summed E-state index contributed by atoms with van der Waals surface area (Å²) in [6.45, 7) is 3.14. The van der Waals surface area contributed by atoms with Crippen LogP contribution in [0.2, 0.25) is 0 Å². The number of nitrogens with one attached hydrogen (secondary N) is 2. The smallest absolute Gasteiger partial charge is 0.271 e. The van der Waals surface area contributed by atoms with Crippen molar-refractivity contribution in [2.75, 3.05) is 38.0 Å². The van der Waals surface area contributed by atoms with Crippen molar-refractivity contribution in [3.8, 4) is 0 Å². The standard InChI is InChI=1S/C22H23N5O4/c28-21(23-17-5-3-6-18(15-17)27(30)31)8-9-25-10-12-26(13-11-25)22(29)20-14-16-4-1-2-7-19(16)24-20/h1-7,14-15,24H,8-13H2,(H,23,28). The van der Waals surface area contributed by atoms with Gasteiger partial charge in [0.2, 0.25) is 5.91 Å². The predicted molar refractivity (Wildman–Crippen MR) is 117 cm³/mol. The molecule has 1 fully saturated rings. The zero-order chi connectivity index (χ0) is 21.8. The van der Waals surface area contributed by atoms with Crippen LogP contribution < -0.4 is 5.32 Å². The molecule has 0 aliphatic carbocycles.